The third-order valence-corrected chi connectivity index (χ3v) is 6.14. The average Bonchev–Trinajstić information content (AvgIpc) is 3.10. The van der Waals surface area contributed by atoms with Gasteiger partial charge in [-0.25, -0.2) is 9.37 Å². The molecule has 27 heavy (non-hydrogen) atoms. The van der Waals surface area contributed by atoms with Crippen molar-refractivity contribution in [2.24, 2.45) is 0 Å². The summed E-state index contributed by atoms with van der Waals surface area (Å²) in [5.41, 5.74) is 2.11. The summed E-state index contributed by atoms with van der Waals surface area (Å²) in [6, 6.07) is 14.8. The molecule has 0 unspecified atom stereocenters. The van der Waals surface area contributed by atoms with Crippen LogP contribution in [0.2, 0.25) is 0 Å². The number of hydrogen-bond acceptors (Lipinski definition) is 4. The summed E-state index contributed by atoms with van der Waals surface area (Å²) in [4.78, 5) is 9.36. The number of nitrogens with one attached hydrogen (secondary N) is 1. The third-order valence-electron chi connectivity index (χ3n) is 4.71. The van der Waals surface area contributed by atoms with Gasteiger partial charge in [-0.05, 0) is 42.0 Å². The van der Waals surface area contributed by atoms with Crippen molar-refractivity contribution in [2.45, 2.75) is 13.1 Å². The summed E-state index contributed by atoms with van der Waals surface area (Å²) >= 11 is 7.30. The van der Waals surface area contributed by atoms with E-state index in [9.17, 15) is 4.39 Å². The van der Waals surface area contributed by atoms with Crippen LogP contribution in [0, 0.1) is 5.82 Å². The van der Waals surface area contributed by atoms with Crippen molar-refractivity contribution in [3.8, 4) is 0 Å². The first-order chi connectivity index (χ1) is 13.2. The van der Waals surface area contributed by atoms with Crippen molar-refractivity contribution in [2.75, 3.05) is 26.2 Å². The van der Waals surface area contributed by atoms with Gasteiger partial charge < -0.3 is 10.2 Å². The van der Waals surface area contributed by atoms with Crippen molar-refractivity contribution < 1.29 is 4.39 Å². The zero-order valence-corrected chi connectivity index (χ0v) is 16.5. The fourth-order valence-electron chi connectivity index (χ4n) is 3.18. The minimum Gasteiger partial charge on any atom is -0.358 e. The summed E-state index contributed by atoms with van der Waals surface area (Å²) in [6.07, 6.45) is 0. The molecule has 2 aromatic carbocycles. The average molecular weight is 401 g/mol. The van der Waals surface area contributed by atoms with E-state index in [1.807, 2.05) is 6.07 Å². The number of nitrogens with zero attached hydrogens (tertiary/aromatic N) is 3. The Labute approximate surface area is 167 Å². The number of para-hydroxylation sites is 1. The number of fused-ring (bicyclic) bond motifs is 1. The Morgan fingerprint density at radius 3 is 2.56 bits per heavy atom. The molecule has 0 radical (unpaired) electrons. The van der Waals surface area contributed by atoms with E-state index in [1.165, 1.54) is 21.8 Å². The van der Waals surface area contributed by atoms with Crippen LogP contribution in [0.25, 0.3) is 10.2 Å². The minimum absolute atomic E-state index is 0.217. The predicted molar refractivity (Wildman–Crippen MR) is 112 cm³/mol. The molecule has 4 nitrogen and oxygen atoms in total. The number of aromatic nitrogens is 1. The lowest BCUT2D eigenvalue weighted by Crippen LogP contribution is -2.51. The van der Waals surface area contributed by atoms with Crippen LogP contribution in [-0.2, 0) is 13.1 Å². The van der Waals surface area contributed by atoms with Crippen molar-refractivity contribution in [1.29, 1.82) is 0 Å². The van der Waals surface area contributed by atoms with Crippen molar-refractivity contribution >= 4 is 38.9 Å². The SMILES string of the molecule is Fc1ccc(CNC(=S)N2CCN(Cc3nc4ccccc4s3)CC2)cc1. The van der Waals surface area contributed by atoms with E-state index in [0.717, 1.165) is 48.9 Å². The maximum Gasteiger partial charge on any atom is 0.169 e. The second-order valence-electron chi connectivity index (χ2n) is 6.62. The van der Waals surface area contributed by atoms with Gasteiger partial charge in [-0.15, -0.1) is 11.3 Å². The van der Waals surface area contributed by atoms with Crippen LogP contribution in [-0.4, -0.2) is 46.1 Å². The summed E-state index contributed by atoms with van der Waals surface area (Å²) in [6.45, 7) is 5.25. The Morgan fingerprint density at radius 1 is 1.07 bits per heavy atom. The second kappa shape index (κ2) is 8.29. The highest BCUT2D eigenvalue weighted by atomic mass is 32.1. The summed E-state index contributed by atoms with van der Waals surface area (Å²) in [7, 11) is 0. The number of benzene rings is 2. The van der Waals surface area contributed by atoms with Crippen LogP contribution >= 0.6 is 23.6 Å². The van der Waals surface area contributed by atoms with Crippen molar-refractivity contribution in [3.63, 3.8) is 0 Å². The number of halogens is 1. The van der Waals surface area contributed by atoms with E-state index in [1.54, 1.807) is 23.5 Å². The van der Waals surface area contributed by atoms with Gasteiger partial charge in [0.15, 0.2) is 5.11 Å². The molecule has 0 bridgehead atoms. The highest BCUT2D eigenvalue weighted by Gasteiger charge is 2.20. The van der Waals surface area contributed by atoms with Gasteiger partial charge in [0, 0.05) is 32.7 Å². The molecule has 3 aromatic rings. The molecule has 0 spiro atoms. The predicted octanol–water partition coefficient (Wildman–Crippen LogP) is 3.63. The lowest BCUT2D eigenvalue weighted by atomic mass is 10.2. The van der Waals surface area contributed by atoms with Crippen molar-refractivity contribution in [1.82, 2.24) is 20.1 Å². The smallest absolute Gasteiger partial charge is 0.169 e. The number of thiocarbonyl (C=S) groups is 1. The molecule has 0 saturated carbocycles. The standard InChI is InChI=1S/C20H21FN4S2/c21-16-7-5-15(6-8-16)13-22-20(26)25-11-9-24(10-12-25)14-19-23-17-3-1-2-4-18(17)27-19/h1-8H,9-14H2,(H,22,26). The maximum absolute atomic E-state index is 13.0. The quantitative estimate of drug-likeness (QED) is 0.676. The molecule has 1 aliphatic heterocycles. The van der Waals surface area contributed by atoms with Crippen LogP contribution in [0.15, 0.2) is 48.5 Å². The van der Waals surface area contributed by atoms with Gasteiger partial charge in [0.2, 0.25) is 0 Å². The van der Waals surface area contributed by atoms with E-state index in [-0.39, 0.29) is 5.82 Å². The van der Waals surface area contributed by atoms with Crippen LogP contribution in [0.5, 0.6) is 0 Å². The van der Waals surface area contributed by atoms with Gasteiger partial charge in [-0.3, -0.25) is 4.90 Å². The Balaban J connectivity index is 1.25. The molecule has 140 valence electrons. The minimum atomic E-state index is -0.217. The monoisotopic (exact) mass is 400 g/mol. The number of thiazole rings is 1. The van der Waals surface area contributed by atoms with E-state index in [2.05, 4.69) is 33.3 Å². The molecule has 1 aliphatic rings. The van der Waals surface area contributed by atoms with Gasteiger partial charge in [-0.2, -0.15) is 0 Å². The van der Waals surface area contributed by atoms with Gasteiger partial charge >= 0.3 is 0 Å². The van der Waals surface area contributed by atoms with Gasteiger partial charge in [-0.1, -0.05) is 24.3 Å². The molecule has 0 atom stereocenters. The molecule has 4 rings (SSSR count). The number of rotatable bonds is 4. The fourth-order valence-corrected chi connectivity index (χ4v) is 4.44. The first kappa shape index (κ1) is 18.3. The molecule has 0 aliphatic carbocycles. The number of piperazine rings is 1. The van der Waals surface area contributed by atoms with Gasteiger partial charge in [0.1, 0.15) is 10.8 Å². The topological polar surface area (TPSA) is 31.4 Å². The summed E-state index contributed by atoms with van der Waals surface area (Å²) < 4.78 is 14.2. The van der Waals surface area contributed by atoms with Crippen LogP contribution in [0.4, 0.5) is 4.39 Å². The zero-order chi connectivity index (χ0) is 18.6. The highest BCUT2D eigenvalue weighted by molar-refractivity contribution is 7.80. The molecule has 1 saturated heterocycles. The van der Waals surface area contributed by atoms with Crippen LogP contribution < -0.4 is 5.32 Å². The van der Waals surface area contributed by atoms with Crippen LogP contribution in [0.1, 0.15) is 10.6 Å². The molecule has 1 N–H and O–H groups in total. The molecule has 1 fully saturated rings. The Bertz CT molecular complexity index is 884. The third kappa shape index (κ3) is 4.61. The van der Waals surface area contributed by atoms with Gasteiger partial charge in [0.05, 0.1) is 16.8 Å². The molecule has 0 amide bonds. The Kier molecular flexibility index (Phi) is 5.61. The Morgan fingerprint density at radius 2 is 1.81 bits per heavy atom. The Hall–Kier alpha value is -2.09. The van der Waals surface area contributed by atoms with E-state index in [4.69, 9.17) is 17.2 Å². The van der Waals surface area contributed by atoms with E-state index >= 15 is 0 Å². The van der Waals surface area contributed by atoms with Crippen molar-refractivity contribution in [3.05, 3.63) is 64.9 Å². The molecular weight excluding hydrogens is 379 g/mol. The molecule has 1 aromatic heterocycles. The summed E-state index contributed by atoms with van der Waals surface area (Å²) in [5, 5.41) is 5.21. The highest BCUT2D eigenvalue weighted by Crippen LogP contribution is 2.23. The maximum atomic E-state index is 13.0. The molecular formula is C20H21FN4S2. The molecule has 7 heteroatoms. The first-order valence-corrected chi connectivity index (χ1v) is 10.2. The van der Waals surface area contributed by atoms with Gasteiger partial charge in [0.25, 0.3) is 0 Å². The molecule has 2 heterocycles. The summed E-state index contributed by atoms with van der Waals surface area (Å²) in [5.74, 6) is -0.217. The lowest BCUT2D eigenvalue weighted by molar-refractivity contribution is 0.174. The fraction of sp³-hybridized carbons (Fsp3) is 0.300. The normalized spacial score (nSPS) is 15.2. The lowest BCUT2D eigenvalue weighted by Gasteiger charge is -2.35. The van der Waals surface area contributed by atoms with E-state index in [0.29, 0.717) is 6.54 Å². The van der Waals surface area contributed by atoms with Crippen LogP contribution in [0.3, 0.4) is 0 Å². The number of hydrogen-bond donors (Lipinski definition) is 1. The van der Waals surface area contributed by atoms with E-state index < -0.39 is 0 Å². The second-order valence-corrected chi connectivity index (χ2v) is 8.13. The zero-order valence-electron chi connectivity index (χ0n) is 14.9. The largest absolute Gasteiger partial charge is 0.358 e. The first-order valence-electron chi connectivity index (χ1n) is 9.01.